The minimum Gasteiger partial charge on any atom is -0.302 e. The van der Waals surface area contributed by atoms with Gasteiger partial charge in [0.1, 0.15) is 0 Å². The predicted molar refractivity (Wildman–Crippen MR) is 68.2 cm³/mol. The van der Waals surface area contributed by atoms with Crippen LogP contribution in [0.15, 0.2) is 18.2 Å². The summed E-state index contributed by atoms with van der Waals surface area (Å²) in [5, 5.41) is 1.36. The maximum atomic E-state index is 6.15. The summed E-state index contributed by atoms with van der Waals surface area (Å²) in [5.74, 6) is 0.613. The van der Waals surface area contributed by atoms with Crippen LogP contribution in [0.2, 0.25) is 10.0 Å². The molecule has 0 saturated carbocycles. The second-order valence-corrected chi connectivity index (χ2v) is 4.84. The van der Waals surface area contributed by atoms with Crippen LogP contribution in [0.3, 0.4) is 0 Å². The minimum atomic E-state index is 0.243. The molecule has 0 heterocycles. The molecule has 0 aliphatic heterocycles. The van der Waals surface area contributed by atoms with Crippen LogP contribution in [0.5, 0.6) is 0 Å². The van der Waals surface area contributed by atoms with Gasteiger partial charge in [-0.05, 0) is 38.2 Å². The van der Waals surface area contributed by atoms with Gasteiger partial charge in [0.25, 0.3) is 0 Å². The van der Waals surface area contributed by atoms with E-state index < -0.39 is 0 Å². The summed E-state index contributed by atoms with van der Waals surface area (Å²) < 4.78 is 0. The van der Waals surface area contributed by atoms with E-state index in [4.69, 9.17) is 34.8 Å². The summed E-state index contributed by atoms with van der Waals surface area (Å²) in [7, 11) is 4.03. The lowest BCUT2D eigenvalue weighted by molar-refractivity contribution is 0.293. The number of nitrogens with zero attached hydrogens (tertiary/aromatic N) is 1. The Morgan fingerprint density at radius 1 is 1.27 bits per heavy atom. The van der Waals surface area contributed by atoms with Gasteiger partial charge in [-0.3, -0.25) is 0 Å². The lowest BCUT2D eigenvalue weighted by atomic mass is 10.0. The number of alkyl halides is 1. The number of halogens is 3. The summed E-state index contributed by atoms with van der Waals surface area (Å²) in [4.78, 5) is 2.11. The van der Waals surface area contributed by atoms with Crippen LogP contribution in [0.1, 0.15) is 18.0 Å². The molecule has 1 atom stereocenters. The third kappa shape index (κ3) is 3.53. The van der Waals surface area contributed by atoms with E-state index in [0.29, 0.717) is 15.9 Å². The average Bonchev–Trinajstić information content (AvgIpc) is 2.15. The van der Waals surface area contributed by atoms with Crippen LogP contribution < -0.4 is 0 Å². The first-order chi connectivity index (χ1) is 7.06. The maximum absolute atomic E-state index is 6.15. The summed E-state index contributed by atoms with van der Waals surface area (Å²) in [6.07, 6.45) is 0.871. The van der Waals surface area contributed by atoms with Crippen LogP contribution >= 0.6 is 34.8 Å². The smallest absolute Gasteiger partial charge is 0.0468 e. The molecular weight excluding hydrogens is 252 g/mol. The third-order valence-corrected chi connectivity index (χ3v) is 3.11. The highest BCUT2D eigenvalue weighted by atomic mass is 35.5. The van der Waals surface area contributed by atoms with E-state index in [1.165, 1.54) is 0 Å². The molecule has 0 fully saturated rings. The summed E-state index contributed by atoms with van der Waals surface area (Å²) >= 11 is 17.8. The molecule has 4 heteroatoms. The zero-order valence-electron chi connectivity index (χ0n) is 8.80. The van der Waals surface area contributed by atoms with Crippen molar-refractivity contribution in [1.82, 2.24) is 4.90 Å². The number of benzene rings is 1. The lowest BCUT2D eigenvalue weighted by Gasteiger charge is -2.24. The van der Waals surface area contributed by atoms with E-state index in [1.54, 1.807) is 6.07 Å². The topological polar surface area (TPSA) is 3.24 Å². The van der Waals surface area contributed by atoms with Gasteiger partial charge in [-0.15, -0.1) is 11.6 Å². The molecule has 0 aliphatic carbocycles. The van der Waals surface area contributed by atoms with Crippen molar-refractivity contribution in [1.29, 1.82) is 0 Å². The zero-order chi connectivity index (χ0) is 11.4. The minimum absolute atomic E-state index is 0.243. The van der Waals surface area contributed by atoms with Crippen molar-refractivity contribution < 1.29 is 0 Å². The molecule has 15 heavy (non-hydrogen) atoms. The highest BCUT2D eigenvalue weighted by Gasteiger charge is 2.16. The quantitative estimate of drug-likeness (QED) is 0.737. The van der Waals surface area contributed by atoms with Gasteiger partial charge in [0.05, 0.1) is 0 Å². The van der Waals surface area contributed by atoms with E-state index >= 15 is 0 Å². The molecule has 0 saturated heterocycles. The average molecular weight is 267 g/mol. The van der Waals surface area contributed by atoms with E-state index in [1.807, 2.05) is 26.2 Å². The van der Waals surface area contributed by atoms with Crippen LogP contribution in [0, 0.1) is 0 Å². The maximum Gasteiger partial charge on any atom is 0.0468 e. The molecule has 0 amide bonds. The number of rotatable bonds is 4. The number of hydrogen-bond acceptors (Lipinski definition) is 1. The molecule has 0 N–H and O–H groups in total. The highest BCUT2D eigenvalue weighted by molar-refractivity contribution is 6.35. The molecule has 1 aromatic rings. The van der Waals surface area contributed by atoms with Gasteiger partial charge in [-0.25, -0.2) is 0 Å². The molecule has 1 aromatic carbocycles. The van der Waals surface area contributed by atoms with Gasteiger partial charge in [0, 0.05) is 22.0 Å². The van der Waals surface area contributed by atoms with E-state index in [-0.39, 0.29) is 6.04 Å². The lowest BCUT2D eigenvalue weighted by Crippen LogP contribution is -2.20. The second-order valence-electron chi connectivity index (χ2n) is 3.62. The second kappa shape index (κ2) is 5.95. The SMILES string of the molecule is CN(C)C(CCCl)c1ccc(Cl)cc1Cl. The van der Waals surface area contributed by atoms with Gasteiger partial charge < -0.3 is 4.90 Å². The first-order valence-electron chi connectivity index (χ1n) is 4.73. The molecular formula is C11H14Cl3N. The van der Waals surface area contributed by atoms with Gasteiger partial charge >= 0.3 is 0 Å². The Kier molecular flexibility index (Phi) is 5.20. The zero-order valence-corrected chi connectivity index (χ0v) is 11.1. The van der Waals surface area contributed by atoms with Crippen molar-refractivity contribution in [2.24, 2.45) is 0 Å². The van der Waals surface area contributed by atoms with Gasteiger partial charge in [0.15, 0.2) is 0 Å². The van der Waals surface area contributed by atoms with Crippen molar-refractivity contribution in [3.8, 4) is 0 Å². The molecule has 1 nitrogen and oxygen atoms in total. The molecule has 84 valence electrons. The standard InChI is InChI=1S/C11H14Cl3N/c1-15(2)11(5-6-12)9-4-3-8(13)7-10(9)14/h3-4,7,11H,5-6H2,1-2H3. The van der Waals surface area contributed by atoms with Crippen LogP contribution in [0.4, 0.5) is 0 Å². The Morgan fingerprint density at radius 3 is 2.40 bits per heavy atom. The fraction of sp³-hybridized carbons (Fsp3) is 0.455. The predicted octanol–water partition coefficient (Wildman–Crippen LogP) is 4.23. The summed E-state index contributed by atoms with van der Waals surface area (Å²) in [5.41, 5.74) is 1.08. The van der Waals surface area contributed by atoms with Gasteiger partial charge in [-0.2, -0.15) is 0 Å². The first kappa shape index (κ1) is 13.1. The van der Waals surface area contributed by atoms with E-state index in [0.717, 1.165) is 12.0 Å². The molecule has 0 aliphatic rings. The van der Waals surface area contributed by atoms with E-state index in [2.05, 4.69) is 4.90 Å². The van der Waals surface area contributed by atoms with Crippen molar-refractivity contribution in [3.63, 3.8) is 0 Å². The fourth-order valence-corrected chi connectivity index (χ4v) is 2.31. The highest BCUT2D eigenvalue weighted by Crippen LogP contribution is 2.30. The van der Waals surface area contributed by atoms with Gasteiger partial charge in [0.2, 0.25) is 0 Å². The molecule has 1 unspecified atom stereocenters. The van der Waals surface area contributed by atoms with Gasteiger partial charge in [-0.1, -0.05) is 29.3 Å². The molecule has 0 spiro atoms. The normalized spacial score (nSPS) is 13.2. The Labute approximate surface area is 106 Å². The molecule has 0 aromatic heterocycles. The van der Waals surface area contributed by atoms with Crippen LogP contribution in [-0.2, 0) is 0 Å². The molecule has 0 bridgehead atoms. The van der Waals surface area contributed by atoms with Crippen molar-refractivity contribution in [2.45, 2.75) is 12.5 Å². The largest absolute Gasteiger partial charge is 0.302 e. The molecule has 1 rings (SSSR count). The van der Waals surface area contributed by atoms with Crippen LogP contribution in [0.25, 0.3) is 0 Å². The molecule has 0 radical (unpaired) electrons. The Balaban J connectivity index is 3.00. The van der Waals surface area contributed by atoms with Crippen molar-refractivity contribution in [3.05, 3.63) is 33.8 Å². The third-order valence-electron chi connectivity index (χ3n) is 2.33. The summed E-state index contributed by atoms with van der Waals surface area (Å²) in [6.45, 7) is 0. The van der Waals surface area contributed by atoms with Crippen molar-refractivity contribution >= 4 is 34.8 Å². The fourth-order valence-electron chi connectivity index (χ4n) is 1.57. The van der Waals surface area contributed by atoms with Crippen molar-refractivity contribution in [2.75, 3.05) is 20.0 Å². The van der Waals surface area contributed by atoms with Crippen LogP contribution in [-0.4, -0.2) is 24.9 Å². The van der Waals surface area contributed by atoms with E-state index in [9.17, 15) is 0 Å². The monoisotopic (exact) mass is 265 g/mol. The summed E-state index contributed by atoms with van der Waals surface area (Å²) in [6, 6.07) is 5.82. The Hall–Kier alpha value is 0.0500. The number of hydrogen-bond donors (Lipinski definition) is 0. The Bertz CT molecular complexity index is 326. The first-order valence-corrected chi connectivity index (χ1v) is 6.02. The Morgan fingerprint density at radius 2 is 1.93 bits per heavy atom.